The number of aliphatic hydroxyl groups is 2. The molecule has 4 fully saturated rings. The van der Waals surface area contributed by atoms with E-state index in [1.54, 1.807) is 0 Å². The predicted molar refractivity (Wildman–Crippen MR) is 122 cm³/mol. The minimum atomic E-state index is -0.679. The molecule has 0 aromatic carbocycles. The highest BCUT2D eigenvalue weighted by atomic mass is 16.4. The van der Waals surface area contributed by atoms with Crippen molar-refractivity contribution in [1.29, 1.82) is 0 Å². The Labute approximate surface area is 189 Å². The molecule has 3 N–H and O–H groups in total. The fraction of sp³-hybridized carbons (Fsp3) is 0.963. The van der Waals surface area contributed by atoms with Gasteiger partial charge in [-0.1, -0.05) is 34.1 Å². The molecule has 0 saturated heterocycles. The van der Waals surface area contributed by atoms with Crippen molar-refractivity contribution in [3.05, 3.63) is 0 Å². The molecular formula is C27H46O4. The third-order valence-electron chi connectivity index (χ3n) is 11.4. The van der Waals surface area contributed by atoms with Gasteiger partial charge in [-0.25, -0.2) is 0 Å². The summed E-state index contributed by atoms with van der Waals surface area (Å²) in [6, 6.07) is 0. The van der Waals surface area contributed by atoms with E-state index in [4.69, 9.17) is 0 Å². The van der Waals surface area contributed by atoms with Crippen molar-refractivity contribution in [2.24, 2.45) is 58.2 Å². The Bertz CT molecular complexity index is 664. The van der Waals surface area contributed by atoms with Gasteiger partial charge in [0.05, 0.1) is 6.10 Å². The molecule has 4 heteroatoms. The smallest absolute Gasteiger partial charge is 0.303 e. The molecule has 0 aliphatic heterocycles. The van der Waals surface area contributed by atoms with E-state index < -0.39 is 5.97 Å². The summed E-state index contributed by atoms with van der Waals surface area (Å²) in [5.41, 5.74) is 0.536. The number of hydrogen-bond donors (Lipinski definition) is 3. The third-order valence-corrected chi connectivity index (χ3v) is 11.4. The normalized spacial score (nSPS) is 50.3. The van der Waals surface area contributed by atoms with Crippen molar-refractivity contribution in [1.82, 2.24) is 0 Å². The minimum absolute atomic E-state index is 0.219. The summed E-state index contributed by atoms with van der Waals surface area (Å²) in [7, 11) is 0. The third kappa shape index (κ3) is 3.68. The first-order valence-corrected chi connectivity index (χ1v) is 13.2. The molecule has 4 nitrogen and oxygen atoms in total. The molecule has 0 bridgehead atoms. The van der Waals surface area contributed by atoms with Gasteiger partial charge in [-0.15, -0.1) is 0 Å². The van der Waals surface area contributed by atoms with Gasteiger partial charge < -0.3 is 15.3 Å². The monoisotopic (exact) mass is 434 g/mol. The lowest BCUT2D eigenvalue weighted by atomic mass is 9.41. The zero-order chi connectivity index (χ0) is 22.6. The molecule has 11 atom stereocenters. The summed E-state index contributed by atoms with van der Waals surface area (Å²) in [6.07, 6.45) is 10.1. The van der Waals surface area contributed by atoms with E-state index in [9.17, 15) is 20.1 Å². The molecule has 0 aromatic rings. The lowest BCUT2D eigenvalue weighted by molar-refractivity contribution is -0.200. The molecule has 4 rings (SSSR count). The Hall–Kier alpha value is -0.610. The summed E-state index contributed by atoms with van der Waals surface area (Å²) in [4.78, 5) is 11.1. The van der Waals surface area contributed by atoms with Gasteiger partial charge in [-0.3, -0.25) is 4.79 Å². The second kappa shape index (κ2) is 8.63. The number of carbonyl (C=O) groups is 1. The molecule has 178 valence electrons. The highest BCUT2D eigenvalue weighted by molar-refractivity contribution is 5.66. The van der Waals surface area contributed by atoms with E-state index >= 15 is 0 Å². The fourth-order valence-corrected chi connectivity index (χ4v) is 9.75. The molecule has 0 aromatic heterocycles. The van der Waals surface area contributed by atoms with Gasteiger partial charge in [-0.05, 0) is 110 Å². The van der Waals surface area contributed by atoms with Crippen LogP contribution in [0, 0.1) is 58.2 Å². The number of hydrogen-bond acceptors (Lipinski definition) is 3. The van der Waals surface area contributed by atoms with E-state index in [-0.39, 0.29) is 17.9 Å². The van der Waals surface area contributed by atoms with E-state index in [1.807, 2.05) is 0 Å². The highest BCUT2D eigenvalue weighted by Gasteiger charge is 2.64. The largest absolute Gasteiger partial charge is 0.481 e. The Balaban J connectivity index is 1.61. The Kier molecular flexibility index (Phi) is 6.55. The lowest BCUT2D eigenvalue weighted by Gasteiger charge is -2.65. The SMILES string of the molecule is CC[C@H]1[C@@H](O)[C@@H]2[C@H](CC[C@]3(C)[C@@H]([C@H](C)CCC(=O)O)CC[C@@H]23)[C@@]2(C)CCC(CO)C[C@@H]12. The molecule has 0 amide bonds. The lowest BCUT2D eigenvalue weighted by Crippen LogP contribution is -2.62. The van der Waals surface area contributed by atoms with Crippen LogP contribution in [0.2, 0.25) is 0 Å². The molecule has 4 aliphatic carbocycles. The van der Waals surface area contributed by atoms with Crippen molar-refractivity contribution < 1.29 is 20.1 Å². The number of carboxylic acid groups (broad SMARTS) is 1. The first kappa shape index (κ1) is 23.5. The van der Waals surface area contributed by atoms with Gasteiger partial charge in [0, 0.05) is 13.0 Å². The molecular weight excluding hydrogens is 388 g/mol. The van der Waals surface area contributed by atoms with Crippen LogP contribution in [-0.4, -0.2) is 34.0 Å². The van der Waals surface area contributed by atoms with Gasteiger partial charge in [-0.2, -0.15) is 0 Å². The van der Waals surface area contributed by atoms with E-state index in [0.29, 0.717) is 59.4 Å². The topological polar surface area (TPSA) is 77.8 Å². The molecule has 4 saturated carbocycles. The number of aliphatic hydroxyl groups excluding tert-OH is 2. The van der Waals surface area contributed by atoms with E-state index in [0.717, 1.165) is 25.7 Å². The van der Waals surface area contributed by atoms with E-state index in [1.165, 1.54) is 32.1 Å². The fourth-order valence-electron chi connectivity index (χ4n) is 9.75. The summed E-state index contributed by atoms with van der Waals surface area (Å²) >= 11 is 0. The summed E-state index contributed by atoms with van der Waals surface area (Å²) in [6.45, 7) is 9.83. The summed E-state index contributed by atoms with van der Waals surface area (Å²) < 4.78 is 0. The molecule has 0 radical (unpaired) electrons. The Morgan fingerprint density at radius 3 is 2.35 bits per heavy atom. The maximum atomic E-state index is 11.8. The van der Waals surface area contributed by atoms with Crippen molar-refractivity contribution >= 4 is 5.97 Å². The van der Waals surface area contributed by atoms with Crippen LogP contribution in [0.25, 0.3) is 0 Å². The Morgan fingerprint density at radius 2 is 1.71 bits per heavy atom. The van der Waals surface area contributed by atoms with Gasteiger partial charge in [0.25, 0.3) is 0 Å². The number of carboxylic acids is 1. The standard InChI is InChI=1S/C27H46O4/c1-5-18-22-14-17(15-28)10-12-27(22,4)21-11-13-26(3)19(16(2)6-9-23(29)30)7-8-20(26)24(21)25(18)31/h16-22,24-25,28,31H,5-15H2,1-4H3,(H,29,30)/t16-,17?,18-,19-,20+,21+,22+,24+,25-,26-,27-/m1/s1. The molecule has 31 heavy (non-hydrogen) atoms. The maximum Gasteiger partial charge on any atom is 0.303 e. The van der Waals surface area contributed by atoms with Crippen LogP contribution in [0.5, 0.6) is 0 Å². The number of rotatable bonds is 6. The average molecular weight is 435 g/mol. The highest BCUT2D eigenvalue weighted by Crippen LogP contribution is 2.69. The maximum absolute atomic E-state index is 11.8. The van der Waals surface area contributed by atoms with Crippen LogP contribution in [0.1, 0.15) is 91.9 Å². The second-order valence-electron chi connectivity index (χ2n) is 12.4. The van der Waals surface area contributed by atoms with Crippen molar-refractivity contribution in [3.8, 4) is 0 Å². The minimum Gasteiger partial charge on any atom is -0.481 e. The summed E-state index contributed by atoms with van der Waals surface area (Å²) in [5, 5.41) is 30.8. The first-order valence-electron chi connectivity index (χ1n) is 13.2. The molecule has 4 aliphatic rings. The number of aliphatic carboxylic acids is 1. The molecule has 1 unspecified atom stereocenters. The van der Waals surface area contributed by atoms with Crippen LogP contribution in [0.15, 0.2) is 0 Å². The quantitative estimate of drug-likeness (QED) is 0.526. The van der Waals surface area contributed by atoms with Crippen LogP contribution < -0.4 is 0 Å². The van der Waals surface area contributed by atoms with Gasteiger partial charge in [0.15, 0.2) is 0 Å². The first-order chi connectivity index (χ1) is 14.7. The van der Waals surface area contributed by atoms with E-state index in [2.05, 4.69) is 27.7 Å². The van der Waals surface area contributed by atoms with Crippen molar-refractivity contribution in [3.63, 3.8) is 0 Å². The van der Waals surface area contributed by atoms with Crippen molar-refractivity contribution in [2.75, 3.05) is 6.61 Å². The zero-order valence-corrected chi connectivity index (χ0v) is 20.2. The van der Waals surface area contributed by atoms with Crippen molar-refractivity contribution in [2.45, 2.75) is 98.0 Å². The average Bonchev–Trinajstić information content (AvgIpc) is 3.09. The van der Waals surface area contributed by atoms with Gasteiger partial charge >= 0.3 is 5.97 Å². The van der Waals surface area contributed by atoms with Crippen LogP contribution in [-0.2, 0) is 4.79 Å². The van der Waals surface area contributed by atoms with Crippen LogP contribution in [0.4, 0.5) is 0 Å². The predicted octanol–water partition coefficient (Wildman–Crippen LogP) is 5.36. The van der Waals surface area contributed by atoms with Gasteiger partial charge in [0.1, 0.15) is 0 Å². The Morgan fingerprint density at radius 1 is 1.03 bits per heavy atom. The second-order valence-corrected chi connectivity index (χ2v) is 12.4. The van der Waals surface area contributed by atoms with Gasteiger partial charge in [0.2, 0.25) is 0 Å². The number of fused-ring (bicyclic) bond motifs is 5. The zero-order valence-electron chi connectivity index (χ0n) is 20.2. The molecule has 0 spiro atoms. The van der Waals surface area contributed by atoms with Crippen LogP contribution >= 0.6 is 0 Å². The van der Waals surface area contributed by atoms with Crippen LogP contribution in [0.3, 0.4) is 0 Å². The summed E-state index contributed by atoms with van der Waals surface area (Å²) in [5.74, 6) is 3.21. The molecule has 0 heterocycles.